The van der Waals surface area contributed by atoms with Crippen molar-refractivity contribution >= 4 is 5.91 Å². The summed E-state index contributed by atoms with van der Waals surface area (Å²) in [5.41, 5.74) is 0.0274. The first kappa shape index (κ1) is 13.4. The van der Waals surface area contributed by atoms with Crippen LogP contribution in [0.3, 0.4) is 0 Å². The van der Waals surface area contributed by atoms with Gasteiger partial charge in [0.1, 0.15) is 0 Å². The first-order chi connectivity index (χ1) is 8.86. The minimum atomic E-state index is 0.0274. The smallest absolute Gasteiger partial charge is 0.226 e. The van der Waals surface area contributed by atoms with Crippen molar-refractivity contribution in [3.8, 4) is 0 Å². The average Bonchev–Trinajstić information content (AvgIpc) is 2.25. The number of hydrogen-bond donors (Lipinski definition) is 1. The third-order valence-electron chi connectivity index (χ3n) is 5.59. The molecule has 4 bridgehead atoms. The van der Waals surface area contributed by atoms with Crippen LogP contribution >= 0.6 is 0 Å². The quantitative estimate of drug-likeness (QED) is 0.774. The van der Waals surface area contributed by atoms with Gasteiger partial charge < -0.3 is 9.80 Å². The highest BCUT2D eigenvalue weighted by atomic mass is 16.2. The fourth-order valence-electron chi connectivity index (χ4n) is 5.08. The first-order valence-electron chi connectivity index (χ1n) is 7.95. The van der Waals surface area contributed by atoms with Gasteiger partial charge in [0.05, 0.1) is 34.2 Å². The molecule has 108 valence electrons. The molecule has 0 aromatic rings. The highest BCUT2D eigenvalue weighted by Gasteiger charge is 2.54. The Kier molecular flexibility index (Phi) is 3.16. The number of quaternary nitrogens is 1. The third-order valence-corrected chi connectivity index (χ3v) is 5.59. The van der Waals surface area contributed by atoms with Crippen LogP contribution in [0.1, 0.15) is 38.5 Å². The number of amides is 1. The van der Waals surface area contributed by atoms with Crippen LogP contribution in [0.5, 0.6) is 0 Å². The lowest BCUT2D eigenvalue weighted by atomic mass is 9.49. The minimum Gasteiger partial charge on any atom is -0.350 e. The number of carbonyl (C=O) groups is 1. The van der Waals surface area contributed by atoms with E-state index >= 15 is 0 Å². The molecule has 0 radical (unpaired) electrons. The van der Waals surface area contributed by atoms with E-state index in [1.54, 1.807) is 0 Å². The second-order valence-corrected chi connectivity index (χ2v) is 8.47. The van der Waals surface area contributed by atoms with Crippen LogP contribution in [0.15, 0.2) is 0 Å². The summed E-state index contributed by atoms with van der Waals surface area (Å²) in [5.74, 6) is 2.95. The molecule has 19 heavy (non-hydrogen) atoms. The van der Waals surface area contributed by atoms with Gasteiger partial charge in [0.2, 0.25) is 5.91 Å². The van der Waals surface area contributed by atoms with E-state index in [-0.39, 0.29) is 5.41 Å². The number of hydrogen-bond acceptors (Lipinski definition) is 1. The summed E-state index contributed by atoms with van der Waals surface area (Å²) in [6, 6.07) is 0. The number of rotatable bonds is 4. The zero-order chi connectivity index (χ0) is 13.7. The van der Waals surface area contributed by atoms with Crippen LogP contribution in [-0.4, -0.2) is 44.6 Å². The van der Waals surface area contributed by atoms with Crippen molar-refractivity contribution in [3.63, 3.8) is 0 Å². The largest absolute Gasteiger partial charge is 0.350 e. The van der Waals surface area contributed by atoms with Crippen LogP contribution in [0.4, 0.5) is 0 Å². The van der Waals surface area contributed by atoms with E-state index in [0.717, 1.165) is 35.3 Å². The monoisotopic (exact) mass is 265 g/mol. The summed E-state index contributed by atoms with van der Waals surface area (Å²) in [7, 11) is 6.53. The molecule has 4 aliphatic carbocycles. The van der Waals surface area contributed by atoms with E-state index in [2.05, 4.69) is 26.5 Å². The summed E-state index contributed by atoms with van der Waals surface area (Å²) in [6.45, 7) is 1.84. The van der Waals surface area contributed by atoms with E-state index < -0.39 is 0 Å². The number of likely N-dealkylation sites (N-methyl/N-ethyl adjacent to an activating group) is 1. The maximum Gasteiger partial charge on any atom is 0.226 e. The van der Waals surface area contributed by atoms with Crippen LogP contribution in [0.25, 0.3) is 0 Å². The van der Waals surface area contributed by atoms with Crippen molar-refractivity contribution < 1.29 is 9.28 Å². The van der Waals surface area contributed by atoms with Gasteiger partial charge in [-0.3, -0.25) is 4.79 Å². The van der Waals surface area contributed by atoms with Gasteiger partial charge in [-0.05, 0) is 56.3 Å². The summed E-state index contributed by atoms with van der Waals surface area (Å²) in [4.78, 5) is 12.7. The Bertz CT molecular complexity index is 334. The van der Waals surface area contributed by atoms with E-state index in [4.69, 9.17) is 0 Å². The molecule has 3 heteroatoms. The maximum absolute atomic E-state index is 12.7. The van der Waals surface area contributed by atoms with Gasteiger partial charge in [0, 0.05) is 5.41 Å². The van der Waals surface area contributed by atoms with Gasteiger partial charge in [-0.25, -0.2) is 0 Å². The molecule has 0 saturated heterocycles. The molecule has 4 fully saturated rings. The van der Waals surface area contributed by atoms with Gasteiger partial charge in [0.15, 0.2) is 0 Å². The maximum atomic E-state index is 12.7. The lowest BCUT2D eigenvalue weighted by Gasteiger charge is -2.55. The summed E-state index contributed by atoms with van der Waals surface area (Å²) >= 11 is 0. The molecule has 4 aliphatic rings. The molecule has 0 aliphatic heterocycles. The Balaban J connectivity index is 1.60. The van der Waals surface area contributed by atoms with Crippen molar-refractivity contribution in [2.24, 2.45) is 23.2 Å². The van der Waals surface area contributed by atoms with Crippen molar-refractivity contribution in [2.75, 3.05) is 34.2 Å². The van der Waals surface area contributed by atoms with Crippen molar-refractivity contribution in [3.05, 3.63) is 0 Å². The Morgan fingerprint density at radius 3 is 1.95 bits per heavy atom. The highest BCUT2D eigenvalue weighted by molar-refractivity contribution is 5.83. The normalized spacial score (nSPS) is 40.5. The summed E-state index contributed by atoms with van der Waals surface area (Å²) in [5, 5.41) is 3.24. The Morgan fingerprint density at radius 2 is 1.53 bits per heavy atom. The summed E-state index contributed by atoms with van der Waals surface area (Å²) in [6.07, 6.45) is 7.75. The van der Waals surface area contributed by atoms with Crippen LogP contribution in [0, 0.1) is 23.2 Å². The van der Waals surface area contributed by atoms with E-state index in [9.17, 15) is 4.79 Å². The summed E-state index contributed by atoms with van der Waals surface area (Å²) < 4.78 is 0.918. The molecule has 0 atom stereocenters. The SMILES string of the molecule is C[N+](C)(C)CCNC(=O)C12CC3CC(CC(C3)C1)C2. The predicted octanol–water partition coefficient (Wildman–Crippen LogP) is 2.03. The fraction of sp³-hybridized carbons (Fsp3) is 0.938. The lowest BCUT2D eigenvalue weighted by molar-refractivity contribution is -0.869. The topological polar surface area (TPSA) is 29.1 Å². The first-order valence-corrected chi connectivity index (χ1v) is 7.95. The minimum absolute atomic E-state index is 0.0274. The standard InChI is InChI=1S/C16H28N2O/c1-18(2,3)5-4-17-15(19)16-9-12-6-13(10-16)8-14(7-12)11-16/h12-14H,4-11H2,1-3H3/p+1. The van der Waals surface area contributed by atoms with E-state index in [1.807, 2.05) is 0 Å². The van der Waals surface area contributed by atoms with Crippen LogP contribution < -0.4 is 5.32 Å². The Morgan fingerprint density at radius 1 is 1.05 bits per heavy atom. The van der Waals surface area contributed by atoms with Crippen LogP contribution in [0.2, 0.25) is 0 Å². The Hall–Kier alpha value is -0.570. The molecule has 3 nitrogen and oxygen atoms in total. The molecule has 4 saturated carbocycles. The molecule has 0 spiro atoms. The van der Waals surface area contributed by atoms with Gasteiger partial charge in [-0.15, -0.1) is 0 Å². The lowest BCUT2D eigenvalue weighted by Crippen LogP contribution is -2.54. The van der Waals surface area contributed by atoms with E-state index in [0.29, 0.717) is 5.91 Å². The fourth-order valence-corrected chi connectivity index (χ4v) is 5.08. The van der Waals surface area contributed by atoms with Gasteiger partial charge in [0.25, 0.3) is 0 Å². The number of nitrogens with zero attached hydrogens (tertiary/aromatic N) is 1. The molecule has 0 aromatic heterocycles. The molecular formula is C16H29N2O+. The molecule has 0 unspecified atom stereocenters. The van der Waals surface area contributed by atoms with Crippen LogP contribution in [-0.2, 0) is 4.79 Å². The van der Waals surface area contributed by atoms with Gasteiger partial charge >= 0.3 is 0 Å². The molecule has 4 rings (SSSR count). The number of carbonyl (C=O) groups excluding carboxylic acids is 1. The third kappa shape index (κ3) is 2.67. The molecule has 1 N–H and O–H groups in total. The van der Waals surface area contributed by atoms with Crippen molar-refractivity contribution in [1.29, 1.82) is 0 Å². The predicted molar refractivity (Wildman–Crippen MR) is 76.5 cm³/mol. The zero-order valence-corrected chi connectivity index (χ0v) is 12.7. The second-order valence-electron chi connectivity index (χ2n) is 8.47. The second kappa shape index (κ2) is 4.47. The van der Waals surface area contributed by atoms with Crippen molar-refractivity contribution in [2.45, 2.75) is 38.5 Å². The molecule has 0 aromatic carbocycles. The molecular weight excluding hydrogens is 236 g/mol. The van der Waals surface area contributed by atoms with E-state index in [1.165, 1.54) is 38.5 Å². The van der Waals surface area contributed by atoms with Gasteiger partial charge in [-0.2, -0.15) is 0 Å². The van der Waals surface area contributed by atoms with Crippen molar-refractivity contribution in [1.82, 2.24) is 5.32 Å². The zero-order valence-electron chi connectivity index (χ0n) is 12.7. The molecule has 0 heterocycles. The molecule has 1 amide bonds. The Labute approximate surface area is 117 Å². The average molecular weight is 265 g/mol. The van der Waals surface area contributed by atoms with Gasteiger partial charge in [-0.1, -0.05) is 0 Å². The highest BCUT2D eigenvalue weighted by Crippen LogP contribution is 2.60. The number of nitrogens with one attached hydrogen (secondary N) is 1.